The van der Waals surface area contributed by atoms with Crippen molar-refractivity contribution >= 4 is 17.7 Å². The molecule has 2 aromatic carbocycles. The van der Waals surface area contributed by atoms with Crippen LogP contribution < -0.4 is 11.1 Å². The summed E-state index contributed by atoms with van der Waals surface area (Å²) in [7, 11) is 0. The Labute approximate surface area is 173 Å². The normalized spacial score (nSPS) is 16.7. The number of rotatable bonds is 6. The summed E-state index contributed by atoms with van der Waals surface area (Å²) in [6.07, 6.45) is 0. The van der Waals surface area contributed by atoms with Gasteiger partial charge in [0.1, 0.15) is 0 Å². The first-order valence-electron chi connectivity index (χ1n) is 9.53. The smallest absolute Gasteiger partial charge is 0.280 e. The number of carbonyl (C=O) groups is 1. The van der Waals surface area contributed by atoms with Crippen molar-refractivity contribution in [2.75, 3.05) is 19.8 Å². The molecule has 1 unspecified atom stereocenters. The Bertz CT molecular complexity index is 953. The van der Waals surface area contributed by atoms with E-state index in [1.54, 1.807) is 12.1 Å². The molecule has 1 aliphatic rings. The van der Waals surface area contributed by atoms with Crippen LogP contribution in [-0.2, 0) is 17.0 Å². The molecule has 0 aliphatic carbocycles. The van der Waals surface area contributed by atoms with Gasteiger partial charge in [-0.05, 0) is 23.3 Å². The van der Waals surface area contributed by atoms with Crippen molar-refractivity contribution in [1.29, 1.82) is 0 Å². The van der Waals surface area contributed by atoms with Crippen LogP contribution in [-0.4, -0.2) is 40.4 Å². The summed E-state index contributed by atoms with van der Waals surface area (Å²) in [6, 6.07) is 17.1. The van der Waals surface area contributed by atoms with E-state index in [4.69, 9.17) is 10.5 Å². The molecule has 1 aromatic heterocycles. The summed E-state index contributed by atoms with van der Waals surface area (Å²) < 4.78 is 6.93. The van der Waals surface area contributed by atoms with Crippen LogP contribution in [0.4, 0.5) is 0 Å². The van der Waals surface area contributed by atoms with Crippen LogP contribution in [0.5, 0.6) is 0 Å². The predicted molar refractivity (Wildman–Crippen MR) is 112 cm³/mol. The second kappa shape index (κ2) is 9.32. The van der Waals surface area contributed by atoms with Crippen molar-refractivity contribution < 1.29 is 9.53 Å². The Hall–Kier alpha value is -2.52. The SMILES string of the molecule is NCc1ccc(CSc2nc(C3COCCN3)nn2C(=O)c2ccccc2)cc1. The number of nitrogens with one attached hydrogen (secondary N) is 1. The van der Waals surface area contributed by atoms with Crippen molar-refractivity contribution in [2.45, 2.75) is 23.5 Å². The first kappa shape index (κ1) is 19.8. The summed E-state index contributed by atoms with van der Waals surface area (Å²) in [5.74, 6) is 1.07. The van der Waals surface area contributed by atoms with Gasteiger partial charge in [0.2, 0.25) is 0 Å². The van der Waals surface area contributed by atoms with E-state index in [-0.39, 0.29) is 11.9 Å². The molecule has 0 amide bonds. The lowest BCUT2D eigenvalue weighted by Gasteiger charge is -2.20. The second-order valence-electron chi connectivity index (χ2n) is 6.73. The van der Waals surface area contributed by atoms with E-state index < -0.39 is 0 Å². The number of morpholine rings is 1. The van der Waals surface area contributed by atoms with Gasteiger partial charge in [0.15, 0.2) is 11.0 Å². The molecule has 8 heteroatoms. The number of carbonyl (C=O) groups excluding carboxylic acids is 1. The van der Waals surface area contributed by atoms with Gasteiger partial charge < -0.3 is 15.8 Å². The standard InChI is InChI=1S/C21H23N5O2S/c22-12-15-6-8-16(9-7-15)14-29-21-24-19(18-13-28-11-10-23-18)25-26(21)20(27)17-4-2-1-3-5-17/h1-9,18,23H,10-14,22H2. The van der Waals surface area contributed by atoms with Crippen LogP contribution in [0.25, 0.3) is 0 Å². The van der Waals surface area contributed by atoms with E-state index >= 15 is 0 Å². The van der Waals surface area contributed by atoms with Gasteiger partial charge in [-0.1, -0.05) is 54.2 Å². The fraction of sp³-hybridized carbons (Fsp3) is 0.286. The van der Waals surface area contributed by atoms with E-state index in [2.05, 4.69) is 15.4 Å². The zero-order chi connectivity index (χ0) is 20.1. The van der Waals surface area contributed by atoms with Gasteiger partial charge in [0.05, 0.1) is 19.3 Å². The first-order chi connectivity index (χ1) is 14.2. The first-order valence-corrected chi connectivity index (χ1v) is 10.5. The molecule has 1 saturated heterocycles. The molecule has 0 radical (unpaired) electrons. The van der Waals surface area contributed by atoms with Crippen molar-refractivity contribution in [3.8, 4) is 0 Å². The number of hydrogen-bond donors (Lipinski definition) is 2. The highest BCUT2D eigenvalue weighted by Crippen LogP contribution is 2.24. The molecule has 3 aromatic rings. The quantitative estimate of drug-likeness (QED) is 0.604. The van der Waals surface area contributed by atoms with Crippen molar-refractivity contribution in [3.05, 3.63) is 77.1 Å². The molecule has 4 rings (SSSR count). The Kier molecular flexibility index (Phi) is 6.36. The monoisotopic (exact) mass is 409 g/mol. The molecule has 1 aliphatic heterocycles. The maximum atomic E-state index is 13.0. The highest BCUT2D eigenvalue weighted by molar-refractivity contribution is 7.98. The lowest BCUT2D eigenvalue weighted by molar-refractivity contribution is 0.0739. The average Bonchev–Trinajstić information content (AvgIpc) is 3.23. The van der Waals surface area contributed by atoms with Crippen LogP contribution in [0.15, 0.2) is 59.8 Å². The van der Waals surface area contributed by atoms with Crippen LogP contribution in [0, 0.1) is 0 Å². The van der Waals surface area contributed by atoms with E-state index in [9.17, 15) is 4.79 Å². The largest absolute Gasteiger partial charge is 0.378 e. The summed E-state index contributed by atoms with van der Waals surface area (Å²) in [6.45, 7) is 2.42. The van der Waals surface area contributed by atoms with Gasteiger partial charge in [-0.3, -0.25) is 4.79 Å². The van der Waals surface area contributed by atoms with Crippen LogP contribution in [0.3, 0.4) is 0 Å². The Morgan fingerprint density at radius 3 is 2.62 bits per heavy atom. The number of benzene rings is 2. The van der Waals surface area contributed by atoms with E-state index in [0.29, 0.717) is 42.1 Å². The van der Waals surface area contributed by atoms with Gasteiger partial charge >= 0.3 is 0 Å². The fourth-order valence-corrected chi connectivity index (χ4v) is 3.93. The maximum absolute atomic E-state index is 13.0. The molecule has 150 valence electrons. The van der Waals surface area contributed by atoms with Gasteiger partial charge in [-0.2, -0.15) is 4.68 Å². The lowest BCUT2D eigenvalue weighted by atomic mass is 10.1. The highest BCUT2D eigenvalue weighted by Gasteiger charge is 2.24. The molecule has 0 spiro atoms. The van der Waals surface area contributed by atoms with Crippen LogP contribution in [0.1, 0.15) is 33.4 Å². The minimum Gasteiger partial charge on any atom is -0.378 e. The molecule has 0 bridgehead atoms. The second-order valence-corrected chi connectivity index (χ2v) is 7.67. The third-order valence-electron chi connectivity index (χ3n) is 4.67. The Balaban J connectivity index is 1.59. The van der Waals surface area contributed by atoms with Gasteiger partial charge in [-0.25, -0.2) is 4.98 Å². The molecule has 2 heterocycles. The van der Waals surface area contributed by atoms with E-state index in [0.717, 1.165) is 17.7 Å². The van der Waals surface area contributed by atoms with Crippen molar-refractivity contribution in [2.24, 2.45) is 5.73 Å². The predicted octanol–water partition coefficient (Wildman–Crippen LogP) is 2.38. The third-order valence-corrected chi connectivity index (χ3v) is 5.67. The van der Waals surface area contributed by atoms with Gasteiger partial charge in [0.25, 0.3) is 5.91 Å². The molecular formula is C21H23N5O2S. The molecule has 1 atom stereocenters. The Morgan fingerprint density at radius 1 is 1.17 bits per heavy atom. The zero-order valence-corrected chi connectivity index (χ0v) is 16.8. The summed E-state index contributed by atoms with van der Waals surface area (Å²) in [5, 5.41) is 8.44. The molecule has 1 fully saturated rings. The van der Waals surface area contributed by atoms with Gasteiger partial charge in [-0.15, -0.1) is 5.10 Å². The highest BCUT2D eigenvalue weighted by atomic mass is 32.2. The Morgan fingerprint density at radius 2 is 1.93 bits per heavy atom. The minimum atomic E-state index is -0.193. The topological polar surface area (TPSA) is 95.1 Å². The van der Waals surface area contributed by atoms with Crippen molar-refractivity contribution in [3.63, 3.8) is 0 Å². The maximum Gasteiger partial charge on any atom is 0.280 e. The molecule has 7 nitrogen and oxygen atoms in total. The van der Waals surface area contributed by atoms with Crippen molar-refractivity contribution in [1.82, 2.24) is 20.1 Å². The fourth-order valence-electron chi connectivity index (χ4n) is 3.04. The number of hydrogen-bond acceptors (Lipinski definition) is 7. The lowest BCUT2D eigenvalue weighted by Crippen LogP contribution is -2.35. The number of thioether (sulfide) groups is 1. The summed E-state index contributed by atoms with van der Waals surface area (Å²) in [5.41, 5.74) is 8.47. The number of nitrogens with two attached hydrogens (primary N) is 1. The van der Waals surface area contributed by atoms with E-state index in [1.165, 1.54) is 16.4 Å². The molecular weight excluding hydrogens is 386 g/mol. The summed E-state index contributed by atoms with van der Waals surface area (Å²) in [4.78, 5) is 17.7. The summed E-state index contributed by atoms with van der Waals surface area (Å²) >= 11 is 1.49. The number of aromatic nitrogens is 3. The van der Waals surface area contributed by atoms with Gasteiger partial charge in [0, 0.05) is 24.4 Å². The average molecular weight is 410 g/mol. The number of nitrogens with zero attached hydrogens (tertiary/aromatic N) is 3. The van der Waals surface area contributed by atoms with Crippen LogP contribution in [0.2, 0.25) is 0 Å². The van der Waals surface area contributed by atoms with Crippen LogP contribution >= 0.6 is 11.8 Å². The number of ether oxygens (including phenoxy) is 1. The molecule has 0 saturated carbocycles. The molecule has 29 heavy (non-hydrogen) atoms. The zero-order valence-electron chi connectivity index (χ0n) is 16.0. The van der Waals surface area contributed by atoms with E-state index in [1.807, 2.05) is 42.5 Å². The molecule has 3 N–H and O–H groups in total. The minimum absolute atomic E-state index is 0.114. The third kappa shape index (κ3) is 4.73.